The van der Waals surface area contributed by atoms with E-state index in [1.165, 1.54) is 0 Å². The van der Waals surface area contributed by atoms with Crippen LogP contribution < -0.4 is 0 Å². The van der Waals surface area contributed by atoms with E-state index in [1.54, 1.807) is 0 Å². The van der Waals surface area contributed by atoms with E-state index < -0.39 is 10.0 Å². The van der Waals surface area contributed by atoms with E-state index in [-0.39, 0.29) is 17.8 Å². The topological polar surface area (TPSA) is 49.7 Å². The van der Waals surface area contributed by atoms with Crippen LogP contribution in [0, 0.1) is 5.92 Å². The number of hydrogen-bond acceptors (Lipinski definition) is 2. The van der Waals surface area contributed by atoms with Crippen molar-refractivity contribution in [2.24, 2.45) is 10.3 Å². The van der Waals surface area contributed by atoms with Gasteiger partial charge in [0.25, 0.3) is 10.0 Å². The van der Waals surface area contributed by atoms with Crippen molar-refractivity contribution in [3.63, 3.8) is 0 Å². The van der Waals surface area contributed by atoms with Gasteiger partial charge in [0, 0.05) is 18.5 Å². The molecule has 0 aromatic rings. The van der Waals surface area contributed by atoms with Gasteiger partial charge in [-0.3, -0.25) is 0 Å². The van der Waals surface area contributed by atoms with E-state index in [9.17, 15) is 8.42 Å². The van der Waals surface area contributed by atoms with Gasteiger partial charge >= 0.3 is 0 Å². The van der Waals surface area contributed by atoms with Crippen molar-refractivity contribution < 1.29 is 8.42 Å². The maximum atomic E-state index is 12.3. The zero-order chi connectivity index (χ0) is 17.3. The summed E-state index contributed by atoms with van der Waals surface area (Å²) in [6.07, 6.45) is 4.56. The molecule has 0 aliphatic heterocycles. The van der Waals surface area contributed by atoms with Crippen LogP contribution in [0.1, 0.15) is 80.6 Å². The molecule has 0 unspecified atom stereocenters. The first-order valence-corrected chi connectivity index (χ1v) is 10.3. The van der Waals surface area contributed by atoms with Crippen LogP contribution in [0.15, 0.2) is 4.40 Å². The third-order valence-electron chi connectivity index (χ3n) is 3.50. The number of unbranched alkanes of at least 4 members (excludes halogenated alkanes) is 3. The van der Waals surface area contributed by atoms with E-state index in [0.29, 0.717) is 18.8 Å². The number of rotatable bonds is 10. The molecule has 0 saturated carbocycles. The first-order chi connectivity index (χ1) is 10.1. The lowest BCUT2D eigenvalue weighted by Gasteiger charge is -2.34. The largest absolute Gasteiger partial charge is 0.355 e. The summed E-state index contributed by atoms with van der Waals surface area (Å²) in [4.78, 5) is 2.13. The van der Waals surface area contributed by atoms with Crippen molar-refractivity contribution in [2.75, 3.05) is 5.75 Å². The van der Waals surface area contributed by atoms with Gasteiger partial charge in [-0.2, -0.15) is 4.40 Å². The van der Waals surface area contributed by atoms with Gasteiger partial charge in [-0.15, -0.1) is 0 Å². The standard InChI is InChI=1S/C17H36N2O2S/c1-8-9-10-11-12-22(20,21)18-17(13-14(2)3)19(15(4)5)16(6)7/h14-16H,8-13H2,1-7H3. The fourth-order valence-electron chi connectivity index (χ4n) is 2.66. The molecule has 0 rings (SSSR count). The Morgan fingerprint density at radius 2 is 1.50 bits per heavy atom. The van der Waals surface area contributed by atoms with Crippen LogP contribution in [0.2, 0.25) is 0 Å². The first-order valence-electron chi connectivity index (χ1n) is 8.70. The monoisotopic (exact) mass is 332 g/mol. The molecular formula is C17H36N2O2S. The highest BCUT2D eigenvalue weighted by Crippen LogP contribution is 2.15. The lowest BCUT2D eigenvalue weighted by atomic mass is 10.1. The van der Waals surface area contributed by atoms with Crippen LogP contribution in [-0.4, -0.2) is 37.0 Å². The molecule has 132 valence electrons. The molecule has 0 spiro atoms. The molecule has 0 heterocycles. The molecule has 0 atom stereocenters. The number of hydrogen-bond donors (Lipinski definition) is 0. The van der Waals surface area contributed by atoms with E-state index in [2.05, 4.69) is 57.8 Å². The Bertz CT molecular complexity index is 418. The maximum Gasteiger partial charge on any atom is 0.254 e. The van der Waals surface area contributed by atoms with Crippen molar-refractivity contribution >= 4 is 15.9 Å². The molecule has 0 fully saturated rings. The van der Waals surface area contributed by atoms with Crippen LogP contribution in [0.3, 0.4) is 0 Å². The highest BCUT2D eigenvalue weighted by atomic mass is 32.2. The molecule has 5 heteroatoms. The lowest BCUT2D eigenvalue weighted by Crippen LogP contribution is -2.43. The molecule has 0 saturated heterocycles. The number of sulfonamides is 1. The van der Waals surface area contributed by atoms with Gasteiger partial charge in [0.15, 0.2) is 0 Å². The van der Waals surface area contributed by atoms with Gasteiger partial charge in [-0.05, 0) is 40.0 Å². The molecule has 0 amide bonds. The Kier molecular flexibility index (Phi) is 9.97. The van der Waals surface area contributed by atoms with Crippen molar-refractivity contribution in [1.29, 1.82) is 0 Å². The summed E-state index contributed by atoms with van der Waals surface area (Å²) >= 11 is 0. The molecule has 0 aromatic heterocycles. The van der Waals surface area contributed by atoms with Crippen molar-refractivity contribution in [2.45, 2.75) is 92.7 Å². The van der Waals surface area contributed by atoms with E-state index in [1.807, 2.05) is 0 Å². The predicted octanol–water partition coefficient (Wildman–Crippen LogP) is 4.46. The van der Waals surface area contributed by atoms with Gasteiger partial charge < -0.3 is 4.90 Å². The second kappa shape index (κ2) is 10.2. The predicted molar refractivity (Wildman–Crippen MR) is 96.9 cm³/mol. The second-order valence-corrected chi connectivity index (χ2v) is 8.80. The van der Waals surface area contributed by atoms with E-state index in [0.717, 1.165) is 25.1 Å². The van der Waals surface area contributed by atoms with Crippen molar-refractivity contribution in [3.05, 3.63) is 0 Å². The van der Waals surface area contributed by atoms with Crippen LogP contribution in [0.4, 0.5) is 0 Å². The van der Waals surface area contributed by atoms with Crippen LogP contribution in [0.25, 0.3) is 0 Å². The molecule has 0 aliphatic carbocycles. The summed E-state index contributed by atoms with van der Waals surface area (Å²) in [5.41, 5.74) is 0. The summed E-state index contributed by atoms with van der Waals surface area (Å²) in [6, 6.07) is 0.487. The minimum atomic E-state index is -3.37. The minimum absolute atomic E-state index is 0.165. The van der Waals surface area contributed by atoms with Gasteiger partial charge in [0.1, 0.15) is 5.84 Å². The summed E-state index contributed by atoms with van der Waals surface area (Å²) in [6.45, 7) is 14.7. The smallest absolute Gasteiger partial charge is 0.254 e. The van der Waals surface area contributed by atoms with Crippen molar-refractivity contribution in [1.82, 2.24) is 4.90 Å². The van der Waals surface area contributed by atoms with Crippen LogP contribution in [0.5, 0.6) is 0 Å². The van der Waals surface area contributed by atoms with Crippen LogP contribution >= 0.6 is 0 Å². The minimum Gasteiger partial charge on any atom is -0.355 e. The Balaban J connectivity index is 5.22. The molecular weight excluding hydrogens is 296 g/mol. The average molecular weight is 333 g/mol. The van der Waals surface area contributed by atoms with Crippen molar-refractivity contribution in [3.8, 4) is 0 Å². The zero-order valence-electron chi connectivity index (χ0n) is 15.6. The number of amidine groups is 1. The van der Waals surface area contributed by atoms with E-state index in [4.69, 9.17) is 0 Å². The first kappa shape index (κ1) is 21.4. The normalized spacial score (nSPS) is 13.5. The molecule has 4 nitrogen and oxygen atoms in total. The molecule has 0 bridgehead atoms. The zero-order valence-corrected chi connectivity index (χ0v) is 16.4. The summed E-state index contributed by atoms with van der Waals surface area (Å²) < 4.78 is 28.8. The third-order valence-corrected chi connectivity index (χ3v) is 4.80. The van der Waals surface area contributed by atoms with E-state index >= 15 is 0 Å². The SMILES string of the molecule is CCCCCCS(=O)(=O)N=C(CC(C)C)N(C(C)C)C(C)C. The third kappa shape index (κ3) is 8.76. The maximum absolute atomic E-state index is 12.3. The quantitative estimate of drug-likeness (QED) is 0.337. The summed E-state index contributed by atoms with van der Waals surface area (Å²) in [7, 11) is -3.37. The Morgan fingerprint density at radius 3 is 1.91 bits per heavy atom. The van der Waals surface area contributed by atoms with Gasteiger partial charge in [-0.1, -0.05) is 40.0 Å². The fraction of sp³-hybridized carbons (Fsp3) is 0.941. The van der Waals surface area contributed by atoms with Gasteiger partial charge in [0.2, 0.25) is 0 Å². The molecule has 0 radical (unpaired) electrons. The summed E-state index contributed by atoms with van der Waals surface area (Å²) in [5, 5.41) is 0. The van der Waals surface area contributed by atoms with Gasteiger partial charge in [0.05, 0.1) is 5.75 Å². The highest BCUT2D eigenvalue weighted by molar-refractivity contribution is 7.90. The molecule has 0 aromatic carbocycles. The Morgan fingerprint density at radius 1 is 0.955 bits per heavy atom. The Labute approximate surface area is 138 Å². The fourth-order valence-corrected chi connectivity index (χ4v) is 3.81. The second-order valence-electron chi connectivity index (χ2n) is 7.05. The molecule has 0 N–H and O–H groups in total. The Hall–Kier alpha value is -0.580. The average Bonchev–Trinajstić information content (AvgIpc) is 2.32. The summed E-state index contributed by atoms with van der Waals surface area (Å²) in [5.74, 6) is 1.27. The molecule has 22 heavy (non-hydrogen) atoms. The van der Waals surface area contributed by atoms with Crippen LogP contribution in [-0.2, 0) is 10.0 Å². The highest BCUT2D eigenvalue weighted by Gasteiger charge is 2.22. The van der Waals surface area contributed by atoms with Gasteiger partial charge in [-0.25, -0.2) is 8.42 Å². The number of nitrogens with zero attached hydrogens (tertiary/aromatic N) is 2. The lowest BCUT2D eigenvalue weighted by molar-refractivity contribution is 0.283. The molecule has 0 aliphatic rings.